The van der Waals surface area contributed by atoms with Crippen LogP contribution in [0.5, 0.6) is 17.2 Å². The lowest BCUT2D eigenvalue weighted by Gasteiger charge is -2.13. The van der Waals surface area contributed by atoms with E-state index in [4.69, 9.17) is 18.9 Å². The average Bonchev–Trinajstić information content (AvgIpc) is 2.80. The van der Waals surface area contributed by atoms with Gasteiger partial charge in [0.2, 0.25) is 0 Å². The summed E-state index contributed by atoms with van der Waals surface area (Å²) < 4.78 is 22.5. The van der Waals surface area contributed by atoms with Gasteiger partial charge in [-0.15, -0.1) is 0 Å². The van der Waals surface area contributed by atoms with Crippen molar-refractivity contribution in [2.75, 3.05) is 38.4 Å². The summed E-state index contributed by atoms with van der Waals surface area (Å²) >= 11 is 0. The van der Waals surface area contributed by atoms with Crippen LogP contribution in [0.2, 0.25) is 0 Å². The number of hydrogen-bond donors (Lipinski definition) is 1. The van der Waals surface area contributed by atoms with Gasteiger partial charge in [0.05, 0.1) is 6.61 Å². The zero-order valence-corrected chi connectivity index (χ0v) is 17.4. The van der Waals surface area contributed by atoms with E-state index < -0.39 is 0 Å². The van der Waals surface area contributed by atoms with E-state index in [0.717, 1.165) is 28.5 Å². The Morgan fingerprint density at radius 3 is 2.00 bits per heavy atom. The van der Waals surface area contributed by atoms with E-state index in [1.165, 1.54) is 0 Å². The predicted molar refractivity (Wildman–Crippen MR) is 120 cm³/mol. The molecular formula is C25H29NO4. The summed E-state index contributed by atoms with van der Waals surface area (Å²) in [4.78, 5) is 0. The molecule has 0 radical (unpaired) electrons. The van der Waals surface area contributed by atoms with Crippen molar-refractivity contribution in [3.63, 3.8) is 0 Å². The fourth-order valence-corrected chi connectivity index (χ4v) is 2.85. The normalized spacial score (nSPS) is 10.4. The predicted octanol–water partition coefficient (Wildman–Crippen LogP) is 5.17. The second-order valence-corrected chi connectivity index (χ2v) is 6.54. The van der Waals surface area contributed by atoms with Gasteiger partial charge in [0.1, 0.15) is 37.1 Å². The van der Waals surface area contributed by atoms with Gasteiger partial charge in [-0.1, -0.05) is 36.4 Å². The van der Waals surface area contributed by atoms with Gasteiger partial charge in [-0.05, 0) is 49.4 Å². The Bertz CT molecular complexity index is 853. The highest BCUT2D eigenvalue weighted by atomic mass is 16.5. The monoisotopic (exact) mass is 407 g/mol. The number of ether oxygens (including phenoxy) is 4. The molecule has 0 heterocycles. The fourth-order valence-electron chi connectivity index (χ4n) is 2.85. The van der Waals surface area contributed by atoms with Crippen molar-refractivity contribution in [1.29, 1.82) is 0 Å². The van der Waals surface area contributed by atoms with E-state index in [-0.39, 0.29) is 0 Å². The molecule has 5 heteroatoms. The lowest BCUT2D eigenvalue weighted by molar-refractivity contribution is 0.110. The summed E-state index contributed by atoms with van der Waals surface area (Å²) in [6.07, 6.45) is 0. The number of rotatable bonds is 13. The van der Waals surface area contributed by atoms with Crippen LogP contribution in [0.4, 0.5) is 5.69 Å². The molecule has 0 aliphatic carbocycles. The first-order chi connectivity index (χ1) is 14.8. The van der Waals surface area contributed by atoms with Gasteiger partial charge in [-0.25, -0.2) is 0 Å². The highest BCUT2D eigenvalue weighted by Crippen LogP contribution is 2.21. The van der Waals surface area contributed by atoms with Crippen molar-refractivity contribution in [2.24, 2.45) is 0 Å². The van der Waals surface area contributed by atoms with Gasteiger partial charge in [0.25, 0.3) is 0 Å². The smallest absolute Gasteiger partial charge is 0.124 e. The Kier molecular flexibility index (Phi) is 8.90. The van der Waals surface area contributed by atoms with Gasteiger partial charge in [-0.3, -0.25) is 0 Å². The van der Waals surface area contributed by atoms with Crippen molar-refractivity contribution in [1.82, 2.24) is 0 Å². The van der Waals surface area contributed by atoms with Crippen molar-refractivity contribution in [3.8, 4) is 17.2 Å². The van der Waals surface area contributed by atoms with Crippen LogP contribution >= 0.6 is 0 Å². The van der Waals surface area contributed by atoms with E-state index in [1.54, 1.807) is 0 Å². The molecule has 0 saturated heterocycles. The van der Waals surface area contributed by atoms with Crippen LogP contribution in [0.1, 0.15) is 12.5 Å². The van der Waals surface area contributed by atoms with Crippen molar-refractivity contribution in [2.45, 2.75) is 13.5 Å². The minimum atomic E-state index is 0.494. The van der Waals surface area contributed by atoms with Gasteiger partial charge in [0.15, 0.2) is 0 Å². The third-order valence-electron chi connectivity index (χ3n) is 4.36. The Labute approximate surface area is 178 Å². The van der Waals surface area contributed by atoms with E-state index in [0.29, 0.717) is 39.6 Å². The maximum atomic E-state index is 5.84. The molecule has 0 spiro atoms. The zero-order chi connectivity index (χ0) is 20.9. The quantitative estimate of drug-likeness (QED) is 0.396. The average molecular weight is 408 g/mol. The molecule has 0 unspecified atom stereocenters. The summed E-state index contributed by atoms with van der Waals surface area (Å²) in [6.45, 7) is 5.49. The molecule has 0 amide bonds. The summed E-state index contributed by atoms with van der Waals surface area (Å²) in [6, 6.07) is 25.7. The summed E-state index contributed by atoms with van der Waals surface area (Å²) in [5.41, 5.74) is 2.12. The molecule has 158 valence electrons. The molecule has 0 aliphatic heterocycles. The Morgan fingerprint density at radius 2 is 1.27 bits per heavy atom. The maximum absolute atomic E-state index is 5.84. The summed E-state index contributed by atoms with van der Waals surface area (Å²) in [7, 11) is 0. The van der Waals surface area contributed by atoms with Gasteiger partial charge < -0.3 is 24.3 Å². The number of anilines is 1. The first-order valence-electron chi connectivity index (χ1n) is 10.3. The van der Waals surface area contributed by atoms with Crippen LogP contribution in [0.3, 0.4) is 0 Å². The minimum Gasteiger partial charge on any atom is -0.491 e. The van der Waals surface area contributed by atoms with Crippen LogP contribution < -0.4 is 19.5 Å². The second-order valence-electron chi connectivity index (χ2n) is 6.54. The van der Waals surface area contributed by atoms with E-state index in [2.05, 4.69) is 11.4 Å². The lowest BCUT2D eigenvalue weighted by atomic mass is 10.2. The standard InChI is InChI=1S/C25H29NO4/c1-2-27-16-17-30-25-11-7-6-8-21(25)20-26-22-12-14-24(15-13-22)29-19-18-28-23-9-4-3-5-10-23/h3-15,26H,2,16-20H2,1H3. The molecule has 3 aromatic carbocycles. The molecule has 30 heavy (non-hydrogen) atoms. The first kappa shape index (κ1) is 21.5. The Morgan fingerprint density at radius 1 is 0.633 bits per heavy atom. The van der Waals surface area contributed by atoms with Crippen molar-refractivity contribution < 1.29 is 18.9 Å². The van der Waals surface area contributed by atoms with Crippen LogP contribution in [0.15, 0.2) is 78.9 Å². The topological polar surface area (TPSA) is 49.0 Å². The SMILES string of the molecule is CCOCCOc1ccccc1CNc1ccc(OCCOc2ccccc2)cc1. The summed E-state index contributed by atoms with van der Waals surface area (Å²) in [5.74, 6) is 2.54. The number of hydrogen-bond acceptors (Lipinski definition) is 5. The van der Waals surface area contributed by atoms with Gasteiger partial charge in [0, 0.05) is 24.4 Å². The molecule has 0 aromatic heterocycles. The van der Waals surface area contributed by atoms with Crippen molar-refractivity contribution >= 4 is 5.69 Å². The molecule has 0 saturated carbocycles. The molecule has 1 N–H and O–H groups in total. The molecule has 3 aromatic rings. The highest BCUT2D eigenvalue weighted by molar-refractivity contribution is 5.48. The summed E-state index contributed by atoms with van der Waals surface area (Å²) in [5, 5.41) is 3.43. The lowest BCUT2D eigenvalue weighted by Crippen LogP contribution is -2.09. The molecule has 5 nitrogen and oxygen atoms in total. The third kappa shape index (κ3) is 7.33. The van der Waals surface area contributed by atoms with E-state index >= 15 is 0 Å². The number of benzene rings is 3. The van der Waals surface area contributed by atoms with Crippen LogP contribution in [0, 0.1) is 0 Å². The van der Waals surface area contributed by atoms with Gasteiger partial charge in [-0.2, -0.15) is 0 Å². The third-order valence-corrected chi connectivity index (χ3v) is 4.36. The molecule has 0 bridgehead atoms. The Hall–Kier alpha value is -3.18. The van der Waals surface area contributed by atoms with Crippen molar-refractivity contribution in [3.05, 3.63) is 84.4 Å². The van der Waals surface area contributed by atoms with Crippen LogP contribution in [0.25, 0.3) is 0 Å². The largest absolute Gasteiger partial charge is 0.491 e. The molecular weight excluding hydrogens is 378 g/mol. The zero-order valence-electron chi connectivity index (χ0n) is 17.4. The minimum absolute atomic E-state index is 0.494. The Balaban J connectivity index is 1.41. The molecule has 0 fully saturated rings. The highest BCUT2D eigenvalue weighted by Gasteiger charge is 2.03. The molecule has 0 atom stereocenters. The van der Waals surface area contributed by atoms with Crippen LogP contribution in [-0.2, 0) is 11.3 Å². The van der Waals surface area contributed by atoms with E-state index in [9.17, 15) is 0 Å². The number of nitrogens with one attached hydrogen (secondary N) is 1. The van der Waals surface area contributed by atoms with E-state index in [1.807, 2.05) is 79.7 Å². The first-order valence-corrected chi connectivity index (χ1v) is 10.3. The fraction of sp³-hybridized carbons (Fsp3) is 0.280. The van der Waals surface area contributed by atoms with Crippen LogP contribution in [-0.4, -0.2) is 33.0 Å². The molecule has 0 aliphatic rings. The number of para-hydroxylation sites is 2. The second kappa shape index (κ2) is 12.4. The molecule has 3 rings (SSSR count). The van der Waals surface area contributed by atoms with Gasteiger partial charge >= 0.3 is 0 Å². The maximum Gasteiger partial charge on any atom is 0.124 e.